The second kappa shape index (κ2) is 9.26. The van der Waals surface area contributed by atoms with E-state index in [4.69, 9.17) is 9.47 Å². The maximum atomic E-state index is 13.2. The summed E-state index contributed by atoms with van der Waals surface area (Å²) in [6, 6.07) is 4.50. The molecule has 10 nitrogen and oxygen atoms in total. The van der Waals surface area contributed by atoms with Crippen LogP contribution in [0.1, 0.15) is 16.8 Å². The minimum atomic E-state index is -3.83. The number of carbonyl (C=O) groups excluding carboxylic acids is 1. The first kappa shape index (κ1) is 23.4. The van der Waals surface area contributed by atoms with Crippen molar-refractivity contribution >= 4 is 25.8 Å². The minimum Gasteiger partial charge on any atom is -0.495 e. The highest BCUT2D eigenvalue weighted by Crippen LogP contribution is 2.29. The normalized spacial score (nSPS) is 25.0. The van der Waals surface area contributed by atoms with Crippen molar-refractivity contribution in [2.45, 2.75) is 17.4 Å². The molecule has 4 rings (SSSR count). The van der Waals surface area contributed by atoms with Crippen molar-refractivity contribution in [3.05, 3.63) is 23.8 Å². The van der Waals surface area contributed by atoms with Gasteiger partial charge in [-0.15, -0.1) is 0 Å². The highest BCUT2D eigenvalue weighted by molar-refractivity contribution is 7.91. The van der Waals surface area contributed by atoms with E-state index in [1.165, 1.54) is 23.5 Å². The highest BCUT2D eigenvalue weighted by atomic mass is 32.2. The summed E-state index contributed by atoms with van der Waals surface area (Å²) in [5, 5.41) is 0. The molecular weight excluding hydrogens is 458 g/mol. The minimum absolute atomic E-state index is 0.0171. The molecule has 3 aliphatic heterocycles. The predicted molar refractivity (Wildman–Crippen MR) is 117 cm³/mol. The number of sulfone groups is 1. The van der Waals surface area contributed by atoms with E-state index >= 15 is 0 Å². The van der Waals surface area contributed by atoms with Gasteiger partial charge in [-0.05, 0) is 24.6 Å². The molecule has 0 aliphatic carbocycles. The molecule has 0 saturated carbocycles. The van der Waals surface area contributed by atoms with Gasteiger partial charge in [0.15, 0.2) is 9.84 Å². The van der Waals surface area contributed by atoms with E-state index in [0.717, 1.165) is 0 Å². The molecule has 32 heavy (non-hydrogen) atoms. The summed E-state index contributed by atoms with van der Waals surface area (Å²) < 4.78 is 61.7. The SMILES string of the molecule is COc1ccc(C(=O)N2CCN([C@@H]3CCS(=O)(=O)C3)CC2)cc1S(=O)(=O)N1CCOCC1. The number of morpholine rings is 1. The zero-order chi connectivity index (χ0) is 22.9. The van der Waals surface area contributed by atoms with Crippen molar-refractivity contribution in [1.29, 1.82) is 0 Å². The van der Waals surface area contributed by atoms with Gasteiger partial charge >= 0.3 is 0 Å². The van der Waals surface area contributed by atoms with Crippen LogP contribution in [0.4, 0.5) is 0 Å². The molecule has 0 radical (unpaired) electrons. The number of amides is 1. The Kier molecular flexibility index (Phi) is 6.78. The smallest absolute Gasteiger partial charge is 0.253 e. The third kappa shape index (κ3) is 4.79. The molecule has 178 valence electrons. The molecule has 12 heteroatoms. The van der Waals surface area contributed by atoms with Gasteiger partial charge in [-0.2, -0.15) is 4.31 Å². The monoisotopic (exact) mass is 487 g/mol. The lowest BCUT2D eigenvalue weighted by atomic mass is 10.1. The number of rotatable bonds is 5. The second-order valence-corrected chi connectivity index (χ2v) is 12.4. The van der Waals surface area contributed by atoms with Crippen LogP contribution in [0.3, 0.4) is 0 Å². The Morgan fingerprint density at radius 3 is 2.38 bits per heavy atom. The van der Waals surface area contributed by atoms with Gasteiger partial charge in [0.25, 0.3) is 5.91 Å². The van der Waals surface area contributed by atoms with E-state index in [9.17, 15) is 21.6 Å². The summed E-state index contributed by atoms with van der Waals surface area (Å²) in [6.45, 7) is 3.28. The topological polar surface area (TPSA) is 114 Å². The first-order valence-corrected chi connectivity index (χ1v) is 14.0. The van der Waals surface area contributed by atoms with Crippen LogP contribution in [-0.2, 0) is 24.6 Å². The molecule has 1 amide bonds. The van der Waals surface area contributed by atoms with Crippen molar-refractivity contribution in [2.24, 2.45) is 0 Å². The molecule has 3 saturated heterocycles. The zero-order valence-electron chi connectivity index (χ0n) is 18.1. The number of hydrogen-bond acceptors (Lipinski definition) is 8. The molecular formula is C20H29N3O7S2. The zero-order valence-corrected chi connectivity index (χ0v) is 19.7. The Hall–Kier alpha value is -1.73. The van der Waals surface area contributed by atoms with Crippen LogP contribution < -0.4 is 4.74 Å². The molecule has 3 fully saturated rings. The Morgan fingerprint density at radius 2 is 1.78 bits per heavy atom. The summed E-state index contributed by atoms with van der Waals surface area (Å²) in [5.74, 6) is 0.357. The maximum Gasteiger partial charge on any atom is 0.253 e. The van der Waals surface area contributed by atoms with Crippen molar-refractivity contribution in [3.8, 4) is 5.75 Å². The Labute approximate surface area is 189 Å². The first-order valence-electron chi connectivity index (χ1n) is 10.7. The van der Waals surface area contributed by atoms with Crippen LogP contribution in [0, 0.1) is 0 Å². The summed E-state index contributed by atoms with van der Waals surface area (Å²) in [5.41, 5.74) is 0.287. The highest BCUT2D eigenvalue weighted by Gasteiger charge is 2.35. The van der Waals surface area contributed by atoms with Crippen LogP contribution in [0.5, 0.6) is 5.75 Å². The van der Waals surface area contributed by atoms with E-state index in [1.807, 2.05) is 0 Å². The summed E-state index contributed by atoms with van der Waals surface area (Å²) in [7, 11) is -5.38. The van der Waals surface area contributed by atoms with Gasteiger partial charge in [-0.3, -0.25) is 9.69 Å². The maximum absolute atomic E-state index is 13.2. The molecule has 1 atom stereocenters. The van der Waals surface area contributed by atoms with Crippen molar-refractivity contribution < 1.29 is 31.1 Å². The Balaban J connectivity index is 1.48. The van der Waals surface area contributed by atoms with Crippen LogP contribution in [0.25, 0.3) is 0 Å². The molecule has 3 aliphatic rings. The predicted octanol–water partition coefficient (Wildman–Crippen LogP) is -0.339. The quantitative estimate of drug-likeness (QED) is 0.554. The fraction of sp³-hybridized carbons (Fsp3) is 0.650. The van der Waals surface area contributed by atoms with Gasteiger partial charge in [0, 0.05) is 50.9 Å². The summed E-state index contributed by atoms with van der Waals surface area (Å²) >= 11 is 0. The Morgan fingerprint density at radius 1 is 1.09 bits per heavy atom. The molecule has 0 spiro atoms. The van der Waals surface area contributed by atoms with Crippen molar-refractivity contribution in [3.63, 3.8) is 0 Å². The Bertz CT molecular complexity index is 1060. The largest absolute Gasteiger partial charge is 0.495 e. The number of piperazine rings is 1. The number of carbonyl (C=O) groups is 1. The molecule has 0 bridgehead atoms. The van der Waals surface area contributed by atoms with E-state index in [2.05, 4.69) is 4.90 Å². The van der Waals surface area contributed by atoms with Gasteiger partial charge in [-0.25, -0.2) is 16.8 Å². The number of nitrogens with zero attached hydrogens (tertiary/aromatic N) is 3. The van der Waals surface area contributed by atoms with Crippen LogP contribution in [-0.4, -0.2) is 114 Å². The third-order valence-corrected chi connectivity index (χ3v) is 9.99. The number of sulfonamides is 1. The lowest BCUT2D eigenvalue weighted by Crippen LogP contribution is -2.52. The summed E-state index contributed by atoms with van der Waals surface area (Å²) in [6.07, 6.45) is 0.636. The van der Waals surface area contributed by atoms with Crippen molar-refractivity contribution in [1.82, 2.24) is 14.1 Å². The molecule has 0 N–H and O–H groups in total. The van der Waals surface area contributed by atoms with Gasteiger partial charge in [0.1, 0.15) is 10.6 Å². The van der Waals surface area contributed by atoms with E-state index in [0.29, 0.717) is 45.8 Å². The number of ether oxygens (including phenoxy) is 2. The molecule has 0 aromatic heterocycles. The number of methoxy groups -OCH3 is 1. The van der Waals surface area contributed by atoms with Gasteiger partial charge in [0.2, 0.25) is 10.0 Å². The van der Waals surface area contributed by atoms with E-state index < -0.39 is 19.9 Å². The van der Waals surface area contributed by atoms with Crippen LogP contribution >= 0.6 is 0 Å². The van der Waals surface area contributed by atoms with Crippen LogP contribution in [0.15, 0.2) is 23.1 Å². The second-order valence-electron chi connectivity index (χ2n) is 8.27. The molecule has 0 unspecified atom stereocenters. The average Bonchev–Trinajstić information content (AvgIpc) is 3.18. The van der Waals surface area contributed by atoms with Crippen LogP contribution in [0.2, 0.25) is 0 Å². The lowest BCUT2D eigenvalue weighted by Gasteiger charge is -2.37. The molecule has 1 aromatic rings. The average molecular weight is 488 g/mol. The third-order valence-electron chi connectivity index (χ3n) is 6.32. The number of hydrogen-bond donors (Lipinski definition) is 0. The standard InChI is InChI=1S/C20H29N3O7S2/c1-29-18-3-2-16(14-19(18)32(27,28)23-9-11-30-12-10-23)20(24)22-7-5-21(6-8-22)17-4-13-31(25,26)15-17/h2-3,14,17H,4-13,15H2,1H3/t17-/m1/s1. The fourth-order valence-electron chi connectivity index (χ4n) is 4.47. The van der Waals surface area contributed by atoms with Gasteiger partial charge < -0.3 is 14.4 Å². The fourth-order valence-corrected chi connectivity index (χ4v) is 7.82. The van der Waals surface area contributed by atoms with Gasteiger partial charge in [-0.1, -0.05) is 0 Å². The lowest BCUT2D eigenvalue weighted by molar-refractivity contribution is 0.0587. The number of benzene rings is 1. The van der Waals surface area contributed by atoms with E-state index in [1.54, 1.807) is 11.0 Å². The molecule has 3 heterocycles. The van der Waals surface area contributed by atoms with Gasteiger partial charge in [0.05, 0.1) is 31.8 Å². The summed E-state index contributed by atoms with van der Waals surface area (Å²) in [4.78, 5) is 16.9. The molecule has 1 aromatic carbocycles. The van der Waals surface area contributed by atoms with E-state index in [-0.39, 0.29) is 52.8 Å². The van der Waals surface area contributed by atoms with Crippen molar-refractivity contribution in [2.75, 3.05) is 71.1 Å². The first-order chi connectivity index (χ1) is 15.2.